The molecule has 0 aliphatic heterocycles. The van der Waals surface area contributed by atoms with E-state index >= 15 is 0 Å². The number of carbonyl (C=O) groups excluding carboxylic acids is 2. The second kappa shape index (κ2) is 8.88. The van der Waals surface area contributed by atoms with Gasteiger partial charge >= 0.3 is 12.1 Å². The predicted molar refractivity (Wildman–Crippen MR) is 89.5 cm³/mol. The van der Waals surface area contributed by atoms with E-state index in [0.29, 0.717) is 18.5 Å². The normalized spacial score (nSPS) is 13.9. The maximum absolute atomic E-state index is 12.6. The van der Waals surface area contributed by atoms with E-state index in [1.54, 1.807) is 0 Å². The van der Waals surface area contributed by atoms with Gasteiger partial charge in [0.1, 0.15) is 6.54 Å². The average Bonchev–Trinajstić information content (AvgIpc) is 3.42. The molecular formula is C18H21F3N2O4. The maximum atomic E-state index is 12.6. The number of carbonyl (C=O) groups is 3. The zero-order valence-corrected chi connectivity index (χ0v) is 14.6. The molecule has 0 atom stereocenters. The van der Waals surface area contributed by atoms with Gasteiger partial charge in [0, 0.05) is 25.4 Å². The molecule has 0 radical (unpaired) electrons. The third-order valence-corrected chi connectivity index (χ3v) is 4.15. The van der Waals surface area contributed by atoms with E-state index in [4.69, 9.17) is 5.11 Å². The van der Waals surface area contributed by atoms with Crippen LogP contribution in [0.2, 0.25) is 0 Å². The van der Waals surface area contributed by atoms with E-state index in [2.05, 4.69) is 5.32 Å². The Balaban J connectivity index is 1.88. The molecule has 0 spiro atoms. The molecule has 0 aromatic heterocycles. The highest BCUT2D eigenvalue weighted by Gasteiger charge is 2.30. The number of aliphatic carboxylic acids is 1. The van der Waals surface area contributed by atoms with Crippen molar-refractivity contribution in [1.29, 1.82) is 0 Å². The molecule has 2 N–H and O–H groups in total. The SMILES string of the molecule is O=C(O)CN(Cc1ccc(C(F)(F)F)cc1)C(=O)CCCNC(=O)C1CC1. The van der Waals surface area contributed by atoms with E-state index in [9.17, 15) is 27.6 Å². The molecule has 148 valence electrons. The first-order valence-corrected chi connectivity index (χ1v) is 8.60. The molecule has 6 nitrogen and oxygen atoms in total. The molecule has 1 aromatic carbocycles. The van der Waals surface area contributed by atoms with Gasteiger partial charge in [0.15, 0.2) is 0 Å². The van der Waals surface area contributed by atoms with E-state index in [1.807, 2.05) is 0 Å². The van der Waals surface area contributed by atoms with Crippen LogP contribution >= 0.6 is 0 Å². The molecule has 2 amide bonds. The molecule has 9 heteroatoms. The molecule has 1 aromatic rings. The van der Waals surface area contributed by atoms with Gasteiger partial charge in [0.05, 0.1) is 5.56 Å². The number of benzene rings is 1. The summed E-state index contributed by atoms with van der Waals surface area (Å²) in [7, 11) is 0. The van der Waals surface area contributed by atoms with Crippen molar-refractivity contribution < 1.29 is 32.7 Å². The number of amides is 2. The molecule has 0 saturated heterocycles. The summed E-state index contributed by atoms with van der Waals surface area (Å²) in [5, 5.41) is 11.7. The maximum Gasteiger partial charge on any atom is 0.416 e. The van der Waals surface area contributed by atoms with Gasteiger partial charge in [0.2, 0.25) is 11.8 Å². The van der Waals surface area contributed by atoms with Crippen molar-refractivity contribution in [3.63, 3.8) is 0 Å². The molecule has 1 fully saturated rings. The Kier molecular flexibility index (Phi) is 6.81. The van der Waals surface area contributed by atoms with Crippen molar-refractivity contribution in [3.8, 4) is 0 Å². The number of nitrogens with one attached hydrogen (secondary N) is 1. The van der Waals surface area contributed by atoms with Crippen molar-refractivity contribution in [1.82, 2.24) is 10.2 Å². The fourth-order valence-corrected chi connectivity index (χ4v) is 2.51. The Labute approximate surface area is 154 Å². The van der Waals surface area contributed by atoms with Crippen LogP contribution < -0.4 is 5.32 Å². The van der Waals surface area contributed by atoms with E-state index < -0.39 is 30.2 Å². The van der Waals surface area contributed by atoms with Gasteiger partial charge in [-0.3, -0.25) is 14.4 Å². The molecule has 0 bridgehead atoms. The number of hydrogen-bond donors (Lipinski definition) is 2. The fraction of sp³-hybridized carbons (Fsp3) is 0.500. The number of hydrogen-bond acceptors (Lipinski definition) is 3. The lowest BCUT2D eigenvalue weighted by Gasteiger charge is -2.21. The summed E-state index contributed by atoms with van der Waals surface area (Å²) >= 11 is 0. The van der Waals surface area contributed by atoms with Gasteiger partial charge in [-0.15, -0.1) is 0 Å². The smallest absolute Gasteiger partial charge is 0.416 e. The van der Waals surface area contributed by atoms with Crippen LogP contribution in [0.25, 0.3) is 0 Å². The Morgan fingerprint density at radius 2 is 1.78 bits per heavy atom. The summed E-state index contributed by atoms with van der Waals surface area (Å²) in [5.41, 5.74) is -0.409. The van der Waals surface area contributed by atoms with E-state index in [0.717, 1.165) is 29.9 Å². The van der Waals surface area contributed by atoms with Gasteiger partial charge < -0.3 is 15.3 Å². The fourth-order valence-electron chi connectivity index (χ4n) is 2.51. The van der Waals surface area contributed by atoms with Crippen molar-refractivity contribution >= 4 is 17.8 Å². The highest BCUT2D eigenvalue weighted by Crippen LogP contribution is 2.29. The monoisotopic (exact) mass is 386 g/mol. The van der Waals surface area contributed by atoms with Crippen LogP contribution in [-0.4, -0.2) is 40.9 Å². The number of alkyl halides is 3. The van der Waals surface area contributed by atoms with Crippen molar-refractivity contribution in [2.24, 2.45) is 5.92 Å². The van der Waals surface area contributed by atoms with Crippen LogP contribution in [0, 0.1) is 5.92 Å². The van der Waals surface area contributed by atoms with Crippen LogP contribution in [0.1, 0.15) is 36.8 Å². The third-order valence-electron chi connectivity index (χ3n) is 4.15. The minimum absolute atomic E-state index is 0.0328. The van der Waals surface area contributed by atoms with Crippen LogP contribution in [0.3, 0.4) is 0 Å². The summed E-state index contributed by atoms with van der Waals surface area (Å²) in [5.74, 6) is -1.60. The Hall–Kier alpha value is -2.58. The second-order valence-corrected chi connectivity index (χ2v) is 6.51. The summed E-state index contributed by atoms with van der Waals surface area (Å²) < 4.78 is 37.8. The summed E-state index contributed by atoms with van der Waals surface area (Å²) in [6, 6.07) is 4.24. The standard InChI is InChI=1S/C18H21F3N2O4/c19-18(20,21)14-7-3-12(4-8-14)10-23(11-16(25)26)15(24)2-1-9-22-17(27)13-5-6-13/h3-4,7-8,13H,1-2,5-6,9-11H2,(H,22,27)(H,25,26). The molecule has 1 aliphatic rings. The first-order valence-electron chi connectivity index (χ1n) is 8.60. The summed E-state index contributed by atoms with van der Waals surface area (Å²) in [6.07, 6.45) is -2.30. The highest BCUT2D eigenvalue weighted by atomic mass is 19.4. The Morgan fingerprint density at radius 1 is 1.15 bits per heavy atom. The van der Waals surface area contributed by atoms with E-state index in [-0.39, 0.29) is 24.8 Å². The minimum Gasteiger partial charge on any atom is -0.480 e. The van der Waals surface area contributed by atoms with Crippen LogP contribution in [0.5, 0.6) is 0 Å². The summed E-state index contributed by atoms with van der Waals surface area (Å²) in [4.78, 5) is 35.8. The van der Waals surface area contributed by atoms with Crippen molar-refractivity contribution in [2.45, 2.75) is 38.4 Å². The zero-order valence-electron chi connectivity index (χ0n) is 14.6. The lowest BCUT2D eigenvalue weighted by Crippen LogP contribution is -2.35. The number of rotatable bonds is 9. The van der Waals surface area contributed by atoms with Crippen LogP contribution in [0.4, 0.5) is 13.2 Å². The number of carboxylic acid groups (broad SMARTS) is 1. The number of nitrogens with zero attached hydrogens (tertiary/aromatic N) is 1. The topological polar surface area (TPSA) is 86.7 Å². The number of carboxylic acids is 1. The number of halogens is 3. The second-order valence-electron chi connectivity index (χ2n) is 6.51. The molecule has 2 rings (SSSR count). The lowest BCUT2D eigenvalue weighted by atomic mass is 10.1. The molecule has 1 aliphatic carbocycles. The summed E-state index contributed by atoms with van der Waals surface area (Å²) in [6.45, 7) is -0.325. The Morgan fingerprint density at radius 3 is 2.30 bits per heavy atom. The van der Waals surface area contributed by atoms with Crippen molar-refractivity contribution in [3.05, 3.63) is 35.4 Å². The lowest BCUT2D eigenvalue weighted by molar-refractivity contribution is -0.144. The third kappa shape index (κ3) is 6.92. The predicted octanol–water partition coefficient (Wildman–Crippen LogP) is 2.43. The van der Waals surface area contributed by atoms with Gasteiger partial charge in [-0.25, -0.2) is 0 Å². The molecule has 1 saturated carbocycles. The van der Waals surface area contributed by atoms with Gasteiger partial charge in [-0.05, 0) is 37.0 Å². The average molecular weight is 386 g/mol. The minimum atomic E-state index is -4.46. The Bertz CT molecular complexity index is 685. The zero-order chi connectivity index (χ0) is 20.0. The van der Waals surface area contributed by atoms with Gasteiger partial charge in [0.25, 0.3) is 0 Å². The molecule has 0 unspecified atom stereocenters. The molecule has 27 heavy (non-hydrogen) atoms. The van der Waals surface area contributed by atoms with Crippen molar-refractivity contribution in [2.75, 3.05) is 13.1 Å². The van der Waals surface area contributed by atoms with Crippen LogP contribution in [0.15, 0.2) is 24.3 Å². The quantitative estimate of drug-likeness (QED) is 0.638. The molecular weight excluding hydrogens is 365 g/mol. The largest absolute Gasteiger partial charge is 0.480 e. The van der Waals surface area contributed by atoms with Gasteiger partial charge in [-0.1, -0.05) is 12.1 Å². The first-order chi connectivity index (χ1) is 12.7. The van der Waals surface area contributed by atoms with Crippen LogP contribution in [-0.2, 0) is 27.1 Å². The van der Waals surface area contributed by atoms with E-state index in [1.165, 1.54) is 12.1 Å². The van der Waals surface area contributed by atoms with Gasteiger partial charge in [-0.2, -0.15) is 13.2 Å². The highest BCUT2D eigenvalue weighted by molar-refractivity contribution is 5.82. The molecule has 0 heterocycles. The first kappa shape index (κ1) is 20.7.